The maximum absolute atomic E-state index is 13.1. The van der Waals surface area contributed by atoms with Gasteiger partial charge in [0.25, 0.3) is 5.69 Å². The summed E-state index contributed by atoms with van der Waals surface area (Å²) in [6.45, 7) is 0.180. The second kappa shape index (κ2) is 10.5. The largest absolute Gasteiger partial charge is 0.508 e. The van der Waals surface area contributed by atoms with Crippen molar-refractivity contribution in [1.29, 1.82) is 0 Å². The van der Waals surface area contributed by atoms with Crippen LogP contribution in [0.5, 0.6) is 5.75 Å². The first kappa shape index (κ1) is 24.1. The van der Waals surface area contributed by atoms with Crippen molar-refractivity contribution in [3.63, 3.8) is 0 Å². The molecule has 0 amide bonds. The number of non-ortho nitro benzene ring substituents is 1. The molecule has 10 heteroatoms. The first-order chi connectivity index (χ1) is 16.8. The Labute approximate surface area is 199 Å². The number of carboxylic acid groups (broad SMARTS) is 1. The average molecular weight is 481 g/mol. The molecule has 182 valence electrons. The molecule has 35 heavy (non-hydrogen) atoms. The van der Waals surface area contributed by atoms with Crippen molar-refractivity contribution in [2.45, 2.75) is 31.7 Å². The summed E-state index contributed by atoms with van der Waals surface area (Å²) in [6, 6.07) is 10.5. The molecule has 0 saturated carbocycles. The molecular formula is C25H23NO9. The summed E-state index contributed by atoms with van der Waals surface area (Å²) >= 11 is 0. The van der Waals surface area contributed by atoms with E-state index in [1.165, 1.54) is 24.5 Å². The van der Waals surface area contributed by atoms with E-state index in [2.05, 4.69) is 0 Å². The van der Waals surface area contributed by atoms with E-state index in [0.717, 1.165) is 6.07 Å². The second-order valence-corrected chi connectivity index (χ2v) is 8.14. The molecule has 3 aromatic rings. The Morgan fingerprint density at radius 3 is 2.71 bits per heavy atom. The summed E-state index contributed by atoms with van der Waals surface area (Å²) in [4.78, 5) is 34.4. The van der Waals surface area contributed by atoms with Gasteiger partial charge < -0.3 is 24.1 Å². The molecule has 3 unspecified atom stereocenters. The average Bonchev–Trinajstić information content (AvgIpc) is 2.84. The number of carbonyl (C=O) groups is 1. The number of nitro groups is 1. The third kappa shape index (κ3) is 5.39. The van der Waals surface area contributed by atoms with Crippen molar-refractivity contribution in [3.05, 3.63) is 92.3 Å². The molecule has 1 aliphatic rings. The number of para-hydroxylation sites is 1. The molecule has 1 fully saturated rings. The summed E-state index contributed by atoms with van der Waals surface area (Å²) < 4.78 is 17.5. The van der Waals surface area contributed by atoms with Crippen molar-refractivity contribution in [1.82, 2.24) is 0 Å². The van der Waals surface area contributed by atoms with Crippen molar-refractivity contribution >= 4 is 22.6 Å². The molecule has 0 spiro atoms. The number of hydrogen-bond acceptors (Lipinski definition) is 8. The summed E-state index contributed by atoms with van der Waals surface area (Å²) in [7, 11) is 0. The van der Waals surface area contributed by atoms with Crippen LogP contribution < -0.4 is 5.43 Å². The highest BCUT2D eigenvalue weighted by Crippen LogP contribution is 2.42. The number of ether oxygens (including phenoxy) is 2. The zero-order chi connectivity index (χ0) is 24.9. The van der Waals surface area contributed by atoms with Crippen LogP contribution in [0.4, 0.5) is 5.69 Å². The fraction of sp³-hybridized carbons (Fsp3) is 0.280. The zero-order valence-electron chi connectivity index (χ0n) is 18.5. The minimum absolute atomic E-state index is 0.0229. The zero-order valence-corrected chi connectivity index (χ0v) is 18.5. The lowest BCUT2D eigenvalue weighted by Crippen LogP contribution is -2.32. The number of benzene rings is 2. The van der Waals surface area contributed by atoms with Crippen molar-refractivity contribution in [3.8, 4) is 5.75 Å². The van der Waals surface area contributed by atoms with E-state index in [1.807, 2.05) is 6.08 Å². The highest BCUT2D eigenvalue weighted by atomic mass is 16.7. The van der Waals surface area contributed by atoms with Crippen LogP contribution in [0, 0.1) is 16.0 Å². The SMILES string of the molecule is O=C(O)CC/C=C\CC1COC(c2coc3ccc([N+](=O)[O-])cc3c2=O)OC1c1ccccc1O. The normalized spacial score (nSPS) is 20.3. The Balaban J connectivity index is 1.62. The second-order valence-electron chi connectivity index (χ2n) is 8.14. The topological polar surface area (TPSA) is 149 Å². The Morgan fingerprint density at radius 1 is 1.17 bits per heavy atom. The molecule has 2 N–H and O–H groups in total. The van der Waals surface area contributed by atoms with Crippen LogP contribution in [-0.2, 0) is 14.3 Å². The summed E-state index contributed by atoms with van der Waals surface area (Å²) in [5.41, 5.74) is 0.0125. The van der Waals surface area contributed by atoms with E-state index in [-0.39, 0.29) is 46.9 Å². The summed E-state index contributed by atoms with van der Waals surface area (Å²) in [5, 5.41) is 30.4. The molecule has 1 aliphatic heterocycles. The predicted molar refractivity (Wildman–Crippen MR) is 124 cm³/mol. The fourth-order valence-corrected chi connectivity index (χ4v) is 4.00. The van der Waals surface area contributed by atoms with E-state index in [1.54, 1.807) is 24.3 Å². The van der Waals surface area contributed by atoms with Crippen LogP contribution in [0.1, 0.15) is 42.8 Å². The number of phenols is 1. The van der Waals surface area contributed by atoms with Crippen LogP contribution in [-0.4, -0.2) is 27.7 Å². The fourth-order valence-electron chi connectivity index (χ4n) is 4.00. The molecule has 1 aromatic heterocycles. The quantitative estimate of drug-likeness (QED) is 0.267. The molecule has 1 saturated heterocycles. The summed E-state index contributed by atoms with van der Waals surface area (Å²) in [6.07, 6.45) is 3.97. The Kier molecular flexibility index (Phi) is 7.23. The minimum atomic E-state index is -1.12. The Morgan fingerprint density at radius 2 is 1.97 bits per heavy atom. The first-order valence-corrected chi connectivity index (χ1v) is 11.0. The third-order valence-electron chi connectivity index (χ3n) is 5.78. The van der Waals surface area contributed by atoms with Crippen LogP contribution in [0.15, 0.2) is 70.1 Å². The molecule has 4 rings (SSSR count). The smallest absolute Gasteiger partial charge is 0.303 e. The van der Waals surface area contributed by atoms with Crippen LogP contribution in [0.3, 0.4) is 0 Å². The number of nitrogens with zero attached hydrogens (tertiary/aromatic N) is 1. The molecule has 0 bridgehead atoms. The number of aromatic hydroxyl groups is 1. The van der Waals surface area contributed by atoms with E-state index in [9.17, 15) is 24.8 Å². The number of aliphatic carboxylic acids is 1. The van der Waals surface area contributed by atoms with Crippen LogP contribution in [0.2, 0.25) is 0 Å². The van der Waals surface area contributed by atoms with Gasteiger partial charge in [0.2, 0.25) is 5.43 Å². The Hall–Kier alpha value is -4.02. The van der Waals surface area contributed by atoms with Crippen molar-refractivity contribution < 1.29 is 33.8 Å². The standard InChI is InChI=1S/C25H23NO9/c27-20-8-5-4-7-17(20)24-15(6-2-1-3-9-22(28)29)13-34-25(35-24)19-14-33-21-11-10-16(26(31)32)12-18(21)23(19)30/h1-2,4-5,7-8,10-12,14-15,24-25,27H,3,6,9,13H2,(H,28,29)/b2-1-. The lowest BCUT2D eigenvalue weighted by Gasteiger charge is -2.36. The van der Waals surface area contributed by atoms with Gasteiger partial charge in [-0.15, -0.1) is 0 Å². The van der Waals surface area contributed by atoms with E-state index < -0.39 is 28.7 Å². The number of carboxylic acids is 1. The van der Waals surface area contributed by atoms with Crippen LogP contribution >= 0.6 is 0 Å². The Bertz CT molecular complexity index is 1330. The number of phenolic OH excluding ortho intramolecular Hbond substituents is 1. The van der Waals surface area contributed by atoms with Gasteiger partial charge in [0, 0.05) is 30.0 Å². The lowest BCUT2D eigenvalue weighted by atomic mass is 9.91. The number of fused-ring (bicyclic) bond motifs is 1. The molecule has 0 radical (unpaired) electrons. The van der Waals surface area contributed by atoms with Crippen molar-refractivity contribution in [2.75, 3.05) is 6.61 Å². The number of allylic oxidation sites excluding steroid dienone is 2. The van der Waals surface area contributed by atoms with Gasteiger partial charge in [-0.1, -0.05) is 30.4 Å². The predicted octanol–water partition coefficient (Wildman–Crippen LogP) is 4.62. The van der Waals surface area contributed by atoms with Gasteiger partial charge in [-0.25, -0.2) is 0 Å². The maximum Gasteiger partial charge on any atom is 0.303 e. The summed E-state index contributed by atoms with van der Waals surface area (Å²) in [5.74, 6) is -1.08. The van der Waals surface area contributed by atoms with E-state index in [4.69, 9.17) is 19.0 Å². The third-order valence-corrected chi connectivity index (χ3v) is 5.78. The molecule has 2 aromatic carbocycles. The molecule has 10 nitrogen and oxygen atoms in total. The molecule has 2 heterocycles. The molecular weight excluding hydrogens is 458 g/mol. The minimum Gasteiger partial charge on any atom is -0.508 e. The number of hydrogen-bond donors (Lipinski definition) is 2. The van der Waals surface area contributed by atoms with Crippen molar-refractivity contribution in [2.24, 2.45) is 5.92 Å². The van der Waals surface area contributed by atoms with Gasteiger partial charge in [-0.05, 0) is 25.0 Å². The highest BCUT2D eigenvalue weighted by Gasteiger charge is 2.36. The van der Waals surface area contributed by atoms with Crippen LogP contribution in [0.25, 0.3) is 11.0 Å². The van der Waals surface area contributed by atoms with Gasteiger partial charge in [0.1, 0.15) is 17.6 Å². The lowest BCUT2D eigenvalue weighted by molar-refractivity contribution is -0.384. The first-order valence-electron chi connectivity index (χ1n) is 11.0. The van der Waals surface area contributed by atoms with Gasteiger partial charge in [0.15, 0.2) is 6.29 Å². The molecule has 3 atom stereocenters. The van der Waals surface area contributed by atoms with E-state index in [0.29, 0.717) is 18.4 Å². The maximum atomic E-state index is 13.1. The van der Waals surface area contributed by atoms with E-state index >= 15 is 0 Å². The van der Waals surface area contributed by atoms with Gasteiger partial charge in [-0.3, -0.25) is 19.7 Å². The number of rotatable bonds is 8. The van der Waals surface area contributed by atoms with Gasteiger partial charge >= 0.3 is 5.97 Å². The van der Waals surface area contributed by atoms with Gasteiger partial charge in [0.05, 0.1) is 28.6 Å². The molecule has 0 aliphatic carbocycles. The highest BCUT2D eigenvalue weighted by molar-refractivity contribution is 5.79. The monoisotopic (exact) mass is 481 g/mol. The number of nitro benzene ring substituents is 1. The van der Waals surface area contributed by atoms with Gasteiger partial charge in [-0.2, -0.15) is 0 Å².